The number of aliphatic imine (C=N–C) groups is 1. The van der Waals surface area contributed by atoms with E-state index in [0.29, 0.717) is 0 Å². The first-order valence-corrected chi connectivity index (χ1v) is 4.31. The van der Waals surface area contributed by atoms with Gasteiger partial charge in [-0.05, 0) is 24.8 Å². The van der Waals surface area contributed by atoms with Gasteiger partial charge in [0.15, 0.2) is 0 Å². The van der Waals surface area contributed by atoms with Crippen molar-refractivity contribution in [2.75, 3.05) is 7.05 Å². The van der Waals surface area contributed by atoms with Gasteiger partial charge in [-0.1, -0.05) is 26.3 Å². The maximum absolute atomic E-state index is 4.00. The van der Waals surface area contributed by atoms with Crippen molar-refractivity contribution < 1.29 is 0 Å². The van der Waals surface area contributed by atoms with E-state index in [1.807, 2.05) is 13.3 Å². The van der Waals surface area contributed by atoms with E-state index in [9.17, 15) is 0 Å². The van der Waals surface area contributed by atoms with Crippen LogP contribution in [0.5, 0.6) is 0 Å². The highest BCUT2D eigenvalue weighted by Gasteiger charge is 1.99. The van der Waals surface area contributed by atoms with Crippen molar-refractivity contribution in [2.45, 2.75) is 33.6 Å². The van der Waals surface area contributed by atoms with Gasteiger partial charge in [-0.3, -0.25) is 4.99 Å². The zero-order valence-electron chi connectivity index (χ0n) is 8.09. The van der Waals surface area contributed by atoms with Gasteiger partial charge in [0.25, 0.3) is 0 Å². The molecule has 0 aromatic heterocycles. The summed E-state index contributed by atoms with van der Waals surface area (Å²) < 4.78 is 0. The minimum Gasteiger partial charge on any atom is -0.296 e. The Morgan fingerprint density at radius 1 is 1.55 bits per heavy atom. The lowest BCUT2D eigenvalue weighted by molar-refractivity contribution is 0.565. The van der Waals surface area contributed by atoms with Crippen molar-refractivity contribution in [3.05, 3.63) is 11.6 Å². The summed E-state index contributed by atoms with van der Waals surface area (Å²) in [7, 11) is 1.82. The first-order valence-electron chi connectivity index (χ1n) is 4.31. The first kappa shape index (κ1) is 10.4. The Balaban J connectivity index is 3.89. The van der Waals surface area contributed by atoms with Gasteiger partial charge in [-0.15, -0.1) is 0 Å². The molecule has 0 aliphatic heterocycles. The van der Waals surface area contributed by atoms with Gasteiger partial charge in [0.2, 0.25) is 0 Å². The minimum absolute atomic E-state index is 0.777. The summed E-state index contributed by atoms with van der Waals surface area (Å²) in [6.07, 6.45) is 6.49. The molecule has 0 aromatic rings. The molecule has 1 nitrogen and oxygen atoms in total. The largest absolute Gasteiger partial charge is 0.296 e. The van der Waals surface area contributed by atoms with E-state index in [-0.39, 0.29) is 0 Å². The van der Waals surface area contributed by atoms with Crippen LogP contribution in [0.4, 0.5) is 0 Å². The molecule has 0 spiro atoms. The molecule has 0 aliphatic carbocycles. The van der Waals surface area contributed by atoms with Gasteiger partial charge in [0.05, 0.1) is 0 Å². The predicted octanol–water partition coefficient (Wildman–Crippen LogP) is 3.07. The molecule has 0 saturated carbocycles. The van der Waals surface area contributed by atoms with E-state index >= 15 is 0 Å². The molecule has 0 N–H and O–H groups in total. The lowest BCUT2D eigenvalue weighted by Gasteiger charge is -2.07. The van der Waals surface area contributed by atoms with E-state index in [2.05, 4.69) is 31.8 Å². The van der Waals surface area contributed by atoms with Crippen molar-refractivity contribution in [3.8, 4) is 0 Å². The lowest BCUT2D eigenvalue weighted by atomic mass is 9.99. The fourth-order valence-corrected chi connectivity index (χ4v) is 0.958. The molecule has 0 heterocycles. The Hall–Kier alpha value is -0.590. The van der Waals surface area contributed by atoms with Crippen LogP contribution >= 0.6 is 0 Å². The molecule has 0 fully saturated rings. The second-order valence-corrected chi connectivity index (χ2v) is 2.97. The SMILES string of the molecule is C/C=C(\C=NC)CC(C)CC. The second-order valence-electron chi connectivity index (χ2n) is 2.97. The van der Waals surface area contributed by atoms with Crippen molar-refractivity contribution in [3.63, 3.8) is 0 Å². The second kappa shape index (κ2) is 6.14. The summed E-state index contributed by atoms with van der Waals surface area (Å²) >= 11 is 0. The number of allylic oxidation sites excluding steroid dienone is 2. The smallest absolute Gasteiger partial charge is 0.0277 e. The summed E-state index contributed by atoms with van der Waals surface area (Å²) in [5, 5.41) is 0. The Morgan fingerprint density at radius 3 is 2.55 bits per heavy atom. The summed E-state index contributed by atoms with van der Waals surface area (Å²) in [6.45, 7) is 6.56. The monoisotopic (exact) mass is 153 g/mol. The van der Waals surface area contributed by atoms with Crippen molar-refractivity contribution in [1.29, 1.82) is 0 Å². The molecule has 11 heavy (non-hydrogen) atoms. The molecular formula is C10H19N. The Bertz CT molecular complexity index is 145. The Kier molecular flexibility index (Phi) is 5.81. The van der Waals surface area contributed by atoms with Crippen LogP contribution in [-0.2, 0) is 0 Å². The molecule has 1 unspecified atom stereocenters. The third-order valence-electron chi connectivity index (χ3n) is 1.95. The van der Waals surface area contributed by atoms with E-state index in [1.165, 1.54) is 12.0 Å². The van der Waals surface area contributed by atoms with Crippen molar-refractivity contribution in [1.82, 2.24) is 0 Å². The quantitative estimate of drug-likeness (QED) is 0.550. The highest BCUT2D eigenvalue weighted by atomic mass is 14.6. The fraction of sp³-hybridized carbons (Fsp3) is 0.700. The Labute approximate surface area is 70.2 Å². The van der Waals surface area contributed by atoms with Crippen LogP contribution in [0.2, 0.25) is 0 Å². The summed E-state index contributed by atoms with van der Waals surface area (Å²) in [4.78, 5) is 4.00. The predicted molar refractivity (Wildman–Crippen MR) is 52.2 cm³/mol. The van der Waals surface area contributed by atoms with Crippen LogP contribution in [0.25, 0.3) is 0 Å². The topological polar surface area (TPSA) is 12.4 Å². The molecule has 0 amide bonds. The van der Waals surface area contributed by atoms with Gasteiger partial charge in [0, 0.05) is 13.3 Å². The molecule has 0 aromatic carbocycles. The first-order chi connectivity index (χ1) is 5.24. The maximum Gasteiger partial charge on any atom is 0.0277 e. The standard InChI is InChI=1S/C10H19N/c1-5-9(3)7-10(6-2)8-11-4/h6,8-9H,5,7H2,1-4H3/b10-6-,11-8?. The highest BCUT2D eigenvalue weighted by Crippen LogP contribution is 2.12. The van der Waals surface area contributed by atoms with E-state index < -0.39 is 0 Å². The fourth-order valence-electron chi connectivity index (χ4n) is 0.958. The molecule has 0 aliphatic rings. The highest BCUT2D eigenvalue weighted by molar-refractivity contribution is 5.78. The maximum atomic E-state index is 4.00. The molecule has 0 radical (unpaired) electrons. The number of hydrogen-bond acceptors (Lipinski definition) is 1. The normalized spacial score (nSPS) is 15.8. The summed E-state index contributed by atoms with van der Waals surface area (Å²) in [5.74, 6) is 0.777. The van der Waals surface area contributed by atoms with Gasteiger partial charge < -0.3 is 0 Å². The summed E-state index contributed by atoms with van der Waals surface area (Å²) in [5.41, 5.74) is 1.35. The minimum atomic E-state index is 0.777. The third kappa shape index (κ3) is 4.77. The molecule has 0 bridgehead atoms. The number of hydrogen-bond donors (Lipinski definition) is 0. The molecular weight excluding hydrogens is 134 g/mol. The third-order valence-corrected chi connectivity index (χ3v) is 1.95. The number of nitrogens with zero attached hydrogens (tertiary/aromatic N) is 1. The molecule has 0 rings (SSSR count). The molecule has 1 heteroatoms. The van der Waals surface area contributed by atoms with E-state index in [1.54, 1.807) is 0 Å². The van der Waals surface area contributed by atoms with Crippen LogP contribution in [0.3, 0.4) is 0 Å². The Morgan fingerprint density at radius 2 is 2.18 bits per heavy atom. The van der Waals surface area contributed by atoms with Crippen LogP contribution in [-0.4, -0.2) is 13.3 Å². The number of rotatable bonds is 4. The van der Waals surface area contributed by atoms with Crippen LogP contribution in [0, 0.1) is 5.92 Å². The van der Waals surface area contributed by atoms with Gasteiger partial charge in [-0.25, -0.2) is 0 Å². The van der Waals surface area contributed by atoms with Gasteiger partial charge >= 0.3 is 0 Å². The van der Waals surface area contributed by atoms with Gasteiger partial charge in [0.1, 0.15) is 0 Å². The lowest BCUT2D eigenvalue weighted by Crippen LogP contribution is -1.95. The van der Waals surface area contributed by atoms with Crippen molar-refractivity contribution >= 4 is 6.21 Å². The average molecular weight is 153 g/mol. The van der Waals surface area contributed by atoms with Crippen LogP contribution in [0.15, 0.2) is 16.6 Å². The van der Waals surface area contributed by atoms with Gasteiger partial charge in [-0.2, -0.15) is 0 Å². The van der Waals surface area contributed by atoms with E-state index in [4.69, 9.17) is 0 Å². The zero-order valence-corrected chi connectivity index (χ0v) is 8.09. The van der Waals surface area contributed by atoms with E-state index in [0.717, 1.165) is 12.3 Å². The molecule has 64 valence electrons. The van der Waals surface area contributed by atoms with Crippen molar-refractivity contribution in [2.24, 2.45) is 10.9 Å². The van der Waals surface area contributed by atoms with Crippen LogP contribution < -0.4 is 0 Å². The average Bonchev–Trinajstić information content (AvgIpc) is 2.03. The molecule has 0 saturated heterocycles. The van der Waals surface area contributed by atoms with Crippen LogP contribution in [0.1, 0.15) is 33.6 Å². The molecule has 1 atom stereocenters. The zero-order chi connectivity index (χ0) is 8.69. The summed E-state index contributed by atoms with van der Waals surface area (Å²) in [6, 6.07) is 0.